The molecule has 2 N–H and O–H groups in total. The van der Waals surface area contributed by atoms with Crippen LogP contribution < -0.4 is 10.6 Å². The second kappa shape index (κ2) is 7.21. The Morgan fingerprint density at radius 3 is 1.56 bits per heavy atom. The average Bonchev–Trinajstić information content (AvgIpc) is 2.28. The number of rotatable bonds is 8. The van der Waals surface area contributed by atoms with Crippen LogP contribution in [0.5, 0.6) is 0 Å². The first-order valence-corrected chi connectivity index (χ1v) is 6.20. The first-order valence-electron chi connectivity index (χ1n) is 6.20. The van der Waals surface area contributed by atoms with Crippen molar-refractivity contribution in [1.29, 1.82) is 0 Å². The molecule has 0 bridgehead atoms. The van der Waals surface area contributed by atoms with E-state index in [2.05, 4.69) is 22.5 Å². The van der Waals surface area contributed by atoms with E-state index in [0.29, 0.717) is 25.9 Å². The minimum atomic E-state index is -0.357. The Morgan fingerprint density at radius 2 is 1.28 bits per heavy atom. The van der Waals surface area contributed by atoms with Gasteiger partial charge >= 0.3 is 0 Å². The van der Waals surface area contributed by atoms with Gasteiger partial charge in [-0.1, -0.05) is 11.8 Å². The van der Waals surface area contributed by atoms with Crippen LogP contribution in [0.1, 0.15) is 40.5 Å². The molecule has 3 nitrogen and oxygen atoms in total. The van der Waals surface area contributed by atoms with Crippen molar-refractivity contribution in [2.75, 3.05) is 13.1 Å². The molecular formula is C15H24N2O. The topological polar surface area (TPSA) is 41.1 Å². The van der Waals surface area contributed by atoms with Gasteiger partial charge in [-0.3, -0.25) is 4.79 Å². The van der Waals surface area contributed by atoms with E-state index < -0.39 is 0 Å². The van der Waals surface area contributed by atoms with Gasteiger partial charge in [0.05, 0.1) is 11.1 Å². The van der Waals surface area contributed by atoms with Crippen molar-refractivity contribution in [3.05, 3.63) is 0 Å². The number of carbonyl (C=O) groups is 1. The van der Waals surface area contributed by atoms with Crippen LogP contribution in [-0.2, 0) is 4.79 Å². The highest BCUT2D eigenvalue weighted by atomic mass is 16.1. The van der Waals surface area contributed by atoms with E-state index in [1.165, 1.54) is 0 Å². The van der Waals surface area contributed by atoms with Crippen LogP contribution in [0.4, 0.5) is 0 Å². The van der Waals surface area contributed by atoms with Crippen molar-refractivity contribution >= 4 is 5.78 Å². The molecule has 0 saturated heterocycles. The lowest BCUT2D eigenvalue weighted by atomic mass is 10.1. The lowest BCUT2D eigenvalue weighted by Gasteiger charge is -2.20. The maximum atomic E-state index is 11.6. The standard InChI is InChI=1S/C15H24N2O/c1-7-14(3,4)16-11-9-13(18)10-12-17-15(5,6)8-2/h1-2,16-17H,9-12H2,3-6H3. The number of Topliss-reactive ketones (excluding diaryl/α,β-unsaturated/α-hetero) is 1. The number of hydrogen-bond acceptors (Lipinski definition) is 3. The van der Waals surface area contributed by atoms with Crippen molar-refractivity contribution < 1.29 is 4.79 Å². The van der Waals surface area contributed by atoms with Crippen LogP contribution in [-0.4, -0.2) is 30.0 Å². The molecule has 18 heavy (non-hydrogen) atoms. The van der Waals surface area contributed by atoms with Gasteiger partial charge in [-0.2, -0.15) is 0 Å². The molecule has 0 amide bonds. The van der Waals surface area contributed by atoms with Gasteiger partial charge in [-0.15, -0.1) is 12.8 Å². The van der Waals surface area contributed by atoms with Crippen molar-refractivity contribution in [1.82, 2.24) is 10.6 Å². The molecule has 0 aromatic rings. The third-order valence-electron chi connectivity index (χ3n) is 2.66. The Kier molecular flexibility index (Phi) is 6.70. The summed E-state index contributed by atoms with van der Waals surface area (Å²) in [4.78, 5) is 11.6. The summed E-state index contributed by atoms with van der Waals surface area (Å²) in [6.45, 7) is 8.86. The third kappa shape index (κ3) is 7.90. The SMILES string of the molecule is C#CC(C)(C)NCCC(=O)CCNC(C)(C)C#C. The molecule has 0 aliphatic rings. The first kappa shape index (κ1) is 16.7. The highest BCUT2D eigenvalue weighted by molar-refractivity contribution is 5.78. The molecule has 0 fully saturated rings. The largest absolute Gasteiger partial charge is 0.301 e. The van der Waals surface area contributed by atoms with Crippen molar-refractivity contribution in [2.24, 2.45) is 0 Å². The Morgan fingerprint density at radius 1 is 0.944 bits per heavy atom. The van der Waals surface area contributed by atoms with Crippen LogP contribution >= 0.6 is 0 Å². The normalized spacial score (nSPS) is 11.7. The van der Waals surface area contributed by atoms with Gasteiger partial charge in [-0.05, 0) is 27.7 Å². The maximum absolute atomic E-state index is 11.6. The quantitative estimate of drug-likeness (QED) is 0.637. The van der Waals surface area contributed by atoms with E-state index in [-0.39, 0.29) is 16.9 Å². The number of nitrogens with one attached hydrogen (secondary N) is 2. The maximum Gasteiger partial charge on any atom is 0.135 e. The summed E-state index contributed by atoms with van der Waals surface area (Å²) in [7, 11) is 0. The van der Waals surface area contributed by atoms with Crippen molar-refractivity contribution in [2.45, 2.75) is 51.6 Å². The second-order valence-electron chi connectivity index (χ2n) is 5.43. The van der Waals surface area contributed by atoms with Gasteiger partial charge < -0.3 is 10.6 Å². The van der Waals surface area contributed by atoms with Gasteiger partial charge in [-0.25, -0.2) is 0 Å². The molecule has 0 radical (unpaired) electrons. The smallest absolute Gasteiger partial charge is 0.135 e. The zero-order valence-corrected chi connectivity index (χ0v) is 11.9. The third-order valence-corrected chi connectivity index (χ3v) is 2.66. The zero-order valence-electron chi connectivity index (χ0n) is 11.9. The fourth-order valence-corrected chi connectivity index (χ4v) is 1.26. The van der Waals surface area contributed by atoms with Crippen molar-refractivity contribution in [3.8, 4) is 24.7 Å². The highest BCUT2D eigenvalue weighted by Gasteiger charge is 2.14. The molecule has 0 rings (SSSR count). The first-order chi connectivity index (χ1) is 8.22. The Balaban J connectivity index is 3.76. The summed E-state index contributed by atoms with van der Waals surface area (Å²) in [5.41, 5.74) is -0.714. The van der Waals surface area contributed by atoms with Gasteiger partial charge in [0.2, 0.25) is 0 Å². The molecule has 3 heteroatoms. The predicted molar refractivity (Wildman–Crippen MR) is 76.1 cm³/mol. The summed E-state index contributed by atoms with van der Waals surface area (Å²) >= 11 is 0. The summed E-state index contributed by atoms with van der Waals surface area (Å²) in [6.07, 6.45) is 11.7. The molecule has 0 aliphatic carbocycles. The lowest BCUT2D eigenvalue weighted by molar-refractivity contribution is -0.118. The highest BCUT2D eigenvalue weighted by Crippen LogP contribution is 2.01. The molecule has 0 spiro atoms. The Bertz CT molecular complexity index is 322. The summed E-state index contributed by atoms with van der Waals surface area (Å²) < 4.78 is 0. The van der Waals surface area contributed by atoms with Gasteiger partial charge in [0, 0.05) is 25.9 Å². The van der Waals surface area contributed by atoms with E-state index >= 15 is 0 Å². The van der Waals surface area contributed by atoms with Crippen LogP contribution in [0, 0.1) is 24.7 Å². The fraction of sp³-hybridized carbons (Fsp3) is 0.667. The van der Waals surface area contributed by atoms with Crippen LogP contribution in [0.25, 0.3) is 0 Å². The van der Waals surface area contributed by atoms with Gasteiger partial charge in [0.15, 0.2) is 0 Å². The Hall–Kier alpha value is -1.29. The lowest BCUT2D eigenvalue weighted by Crippen LogP contribution is -2.40. The van der Waals surface area contributed by atoms with Gasteiger partial charge in [0.25, 0.3) is 0 Å². The molecule has 0 aliphatic heterocycles. The zero-order chi connectivity index (χ0) is 14.2. The molecule has 100 valence electrons. The number of ketones is 1. The fourth-order valence-electron chi connectivity index (χ4n) is 1.26. The molecular weight excluding hydrogens is 224 g/mol. The van der Waals surface area contributed by atoms with E-state index in [1.807, 2.05) is 27.7 Å². The minimum Gasteiger partial charge on any atom is -0.301 e. The van der Waals surface area contributed by atoms with Crippen LogP contribution in [0.2, 0.25) is 0 Å². The summed E-state index contributed by atoms with van der Waals surface area (Å²) in [5.74, 6) is 5.46. The minimum absolute atomic E-state index is 0.204. The van der Waals surface area contributed by atoms with Crippen LogP contribution in [0.15, 0.2) is 0 Å². The van der Waals surface area contributed by atoms with E-state index in [0.717, 1.165) is 0 Å². The average molecular weight is 248 g/mol. The Labute approximate surface area is 111 Å². The monoisotopic (exact) mass is 248 g/mol. The van der Waals surface area contributed by atoms with E-state index in [1.54, 1.807) is 0 Å². The summed E-state index contributed by atoms with van der Waals surface area (Å²) in [5, 5.41) is 6.30. The predicted octanol–water partition coefficient (Wildman–Crippen LogP) is 1.34. The second-order valence-corrected chi connectivity index (χ2v) is 5.43. The van der Waals surface area contributed by atoms with E-state index in [9.17, 15) is 4.79 Å². The van der Waals surface area contributed by atoms with Crippen LogP contribution in [0.3, 0.4) is 0 Å². The van der Waals surface area contributed by atoms with E-state index in [4.69, 9.17) is 12.8 Å². The number of hydrogen-bond donors (Lipinski definition) is 2. The molecule has 0 aromatic carbocycles. The van der Waals surface area contributed by atoms with Gasteiger partial charge in [0.1, 0.15) is 5.78 Å². The molecule has 0 atom stereocenters. The molecule has 0 aromatic heterocycles. The molecule has 0 saturated carbocycles. The number of carbonyl (C=O) groups excluding carboxylic acids is 1. The molecule has 0 unspecified atom stereocenters. The summed E-state index contributed by atoms with van der Waals surface area (Å²) in [6, 6.07) is 0. The number of terminal acetylenes is 2. The van der Waals surface area contributed by atoms with Crippen molar-refractivity contribution in [3.63, 3.8) is 0 Å². The molecule has 0 heterocycles.